The maximum atomic E-state index is 11.7. The second kappa shape index (κ2) is 8.33. The summed E-state index contributed by atoms with van der Waals surface area (Å²) in [4.78, 5) is 6.45. The molecule has 146 valence electrons. The van der Waals surface area contributed by atoms with Crippen molar-refractivity contribution >= 4 is 33.1 Å². The van der Waals surface area contributed by atoms with Crippen molar-refractivity contribution in [3.8, 4) is 5.75 Å². The number of hydrogen-bond acceptors (Lipinski definition) is 6. The van der Waals surface area contributed by atoms with Crippen LogP contribution in [0.15, 0.2) is 36.4 Å². The van der Waals surface area contributed by atoms with Gasteiger partial charge in [0.25, 0.3) is 0 Å². The first-order valence-electron chi connectivity index (χ1n) is 8.59. The minimum atomic E-state index is -3.15. The normalized spacial score (nSPS) is 15.6. The minimum Gasteiger partial charge on any atom is -0.497 e. The zero-order valence-electron chi connectivity index (χ0n) is 15.4. The summed E-state index contributed by atoms with van der Waals surface area (Å²) < 4.78 is 30.0. The fraction of sp³-hybridized carbons (Fsp3) is 0.389. The number of sulfonamides is 1. The van der Waals surface area contributed by atoms with Crippen LogP contribution in [0, 0.1) is 0 Å². The average molecular weight is 411 g/mol. The molecule has 3 rings (SSSR count). The molecule has 0 unspecified atom stereocenters. The van der Waals surface area contributed by atoms with E-state index >= 15 is 0 Å². The van der Waals surface area contributed by atoms with Gasteiger partial charge in [-0.2, -0.15) is 4.31 Å². The maximum absolute atomic E-state index is 11.7. The van der Waals surface area contributed by atoms with Gasteiger partial charge in [-0.1, -0.05) is 23.7 Å². The monoisotopic (exact) mass is 410 g/mol. The number of anilines is 2. The van der Waals surface area contributed by atoms with Gasteiger partial charge in [0.1, 0.15) is 16.7 Å². The van der Waals surface area contributed by atoms with Gasteiger partial charge in [-0.05, 0) is 23.8 Å². The number of nitrogens with one attached hydrogen (secondary N) is 1. The standard InChI is InChI=1S/C18H23ClN4O3S/c1-26-16-5-3-14(4-6-16)13-20-18-12-15(11-17(19)21-18)22-7-9-23(10-8-22)27(2,24)25/h3-6,11-12H,7-10,13H2,1-2H3,(H,20,21). The molecule has 9 heteroatoms. The van der Waals surface area contributed by atoms with Crippen LogP contribution >= 0.6 is 11.6 Å². The highest BCUT2D eigenvalue weighted by Crippen LogP contribution is 2.24. The molecule has 1 aliphatic rings. The zero-order chi connectivity index (χ0) is 19.4. The second-order valence-corrected chi connectivity index (χ2v) is 8.75. The molecule has 7 nitrogen and oxygen atoms in total. The molecule has 2 heterocycles. The van der Waals surface area contributed by atoms with Crippen LogP contribution in [0.4, 0.5) is 11.5 Å². The SMILES string of the molecule is COc1ccc(CNc2cc(N3CCN(S(C)(=O)=O)CC3)cc(Cl)n2)cc1. The highest BCUT2D eigenvalue weighted by Gasteiger charge is 2.23. The average Bonchev–Trinajstić information content (AvgIpc) is 2.66. The topological polar surface area (TPSA) is 74.8 Å². The van der Waals surface area contributed by atoms with E-state index in [9.17, 15) is 8.42 Å². The van der Waals surface area contributed by atoms with Crippen molar-refractivity contribution in [2.24, 2.45) is 0 Å². The Morgan fingerprint density at radius 1 is 1.15 bits per heavy atom. The van der Waals surface area contributed by atoms with Gasteiger partial charge in [0, 0.05) is 44.5 Å². The molecule has 1 fully saturated rings. The van der Waals surface area contributed by atoms with Crippen molar-refractivity contribution in [2.45, 2.75) is 6.54 Å². The first-order valence-corrected chi connectivity index (χ1v) is 10.8. The number of ether oxygens (including phenoxy) is 1. The fourth-order valence-electron chi connectivity index (χ4n) is 2.97. The van der Waals surface area contributed by atoms with E-state index in [4.69, 9.17) is 16.3 Å². The lowest BCUT2D eigenvalue weighted by Crippen LogP contribution is -2.48. The van der Waals surface area contributed by atoms with E-state index in [-0.39, 0.29) is 0 Å². The molecule has 0 aliphatic carbocycles. The second-order valence-electron chi connectivity index (χ2n) is 6.38. The first kappa shape index (κ1) is 19.7. The summed E-state index contributed by atoms with van der Waals surface area (Å²) in [6, 6.07) is 11.5. The predicted molar refractivity (Wildman–Crippen MR) is 108 cm³/mol. The first-order chi connectivity index (χ1) is 12.8. The van der Waals surface area contributed by atoms with Crippen molar-refractivity contribution in [3.05, 3.63) is 47.1 Å². The fourth-order valence-corrected chi connectivity index (χ4v) is 4.00. The van der Waals surface area contributed by atoms with Crippen LogP contribution in [0.25, 0.3) is 0 Å². The molecule has 1 aromatic heterocycles. The number of benzene rings is 1. The molecule has 0 bridgehead atoms. The van der Waals surface area contributed by atoms with E-state index < -0.39 is 10.0 Å². The van der Waals surface area contributed by atoms with Crippen molar-refractivity contribution < 1.29 is 13.2 Å². The van der Waals surface area contributed by atoms with E-state index in [1.54, 1.807) is 13.2 Å². The largest absolute Gasteiger partial charge is 0.497 e. The highest BCUT2D eigenvalue weighted by atomic mass is 35.5. The molecule has 0 spiro atoms. The van der Waals surface area contributed by atoms with Crippen molar-refractivity contribution in [2.75, 3.05) is 49.8 Å². The Hall–Kier alpha value is -2.03. The summed E-state index contributed by atoms with van der Waals surface area (Å²) in [5.41, 5.74) is 2.03. The molecular formula is C18H23ClN4O3S. The summed E-state index contributed by atoms with van der Waals surface area (Å²) >= 11 is 6.19. The lowest BCUT2D eigenvalue weighted by Gasteiger charge is -2.34. The summed E-state index contributed by atoms with van der Waals surface area (Å²) in [6.07, 6.45) is 1.24. The van der Waals surface area contributed by atoms with E-state index in [1.165, 1.54) is 10.6 Å². The molecule has 2 aromatic rings. The quantitative estimate of drug-likeness (QED) is 0.737. The van der Waals surface area contributed by atoms with Gasteiger partial charge in [-0.3, -0.25) is 0 Å². The van der Waals surface area contributed by atoms with Gasteiger partial charge in [-0.25, -0.2) is 13.4 Å². The molecular weight excluding hydrogens is 388 g/mol. The molecule has 27 heavy (non-hydrogen) atoms. The molecule has 1 saturated heterocycles. The lowest BCUT2D eigenvalue weighted by atomic mass is 10.2. The molecule has 1 N–H and O–H groups in total. The van der Waals surface area contributed by atoms with E-state index in [0.717, 1.165) is 17.0 Å². The van der Waals surface area contributed by atoms with Crippen LogP contribution in [-0.4, -0.2) is 57.3 Å². The van der Waals surface area contributed by atoms with Crippen LogP contribution in [0.3, 0.4) is 0 Å². The smallest absolute Gasteiger partial charge is 0.211 e. The number of hydrogen-bond donors (Lipinski definition) is 1. The summed E-state index contributed by atoms with van der Waals surface area (Å²) in [7, 11) is -1.51. The van der Waals surface area contributed by atoms with Gasteiger partial charge in [0.15, 0.2) is 0 Å². The Kier molecular flexibility index (Phi) is 6.08. The lowest BCUT2D eigenvalue weighted by molar-refractivity contribution is 0.388. The molecule has 0 saturated carbocycles. The van der Waals surface area contributed by atoms with Crippen LogP contribution in [0.5, 0.6) is 5.75 Å². The maximum Gasteiger partial charge on any atom is 0.211 e. The van der Waals surface area contributed by atoms with Crippen molar-refractivity contribution in [1.82, 2.24) is 9.29 Å². The van der Waals surface area contributed by atoms with E-state index in [2.05, 4.69) is 15.2 Å². The number of methoxy groups -OCH3 is 1. The van der Waals surface area contributed by atoms with Gasteiger partial charge in [0.2, 0.25) is 10.0 Å². The molecule has 0 amide bonds. The van der Waals surface area contributed by atoms with Gasteiger partial charge < -0.3 is 15.0 Å². The molecule has 0 atom stereocenters. The number of rotatable bonds is 6. The number of aromatic nitrogens is 1. The molecule has 1 aliphatic heterocycles. The van der Waals surface area contributed by atoms with Crippen LogP contribution in [-0.2, 0) is 16.6 Å². The third-order valence-corrected chi connectivity index (χ3v) is 5.98. The minimum absolute atomic E-state index is 0.398. The van der Waals surface area contributed by atoms with E-state index in [1.807, 2.05) is 30.3 Å². The summed E-state index contributed by atoms with van der Waals surface area (Å²) in [6.45, 7) is 2.77. The van der Waals surface area contributed by atoms with Crippen molar-refractivity contribution in [1.29, 1.82) is 0 Å². The molecule has 0 radical (unpaired) electrons. The summed E-state index contributed by atoms with van der Waals surface area (Å²) in [5, 5.41) is 3.68. The van der Waals surface area contributed by atoms with E-state index in [0.29, 0.717) is 43.7 Å². The number of piperazine rings is 1. The van der Waals surface area contributed by atoms with Crippen LogP contribution < -0.4 is 15.0 Å². The Balaban J connectivity index is 1.65. The Morgan fingerprint density at radius 2 is 1.81 bits per heavy atom. The van der Waals surface area contributed by atoms with Crippen LogP contribution in [0.1, 0.15) is 5.56 Å². The van der Waals surface area contributed by atoms with Gasteiger partial charge in [0.05, 0.1) is 13.4 Å². The third-order valence-electron chi connectivity index (χ3n) is 4.48. The van der Waals surface area contributed by atoms with Gasteiger partial charge in [-0.15, -0.1) is 0 Å². The molecule has 1 aromatic carbocycles. The Bertz CT molecular complexity index is 882. The number of nitrogens with zero attached hydrogens (tertiary/aromatic N) is 3. The van der Waals surface area contributed by atoms with Gasteiger partial charge >= 0.3 is 0 Å². The predicted octanol–water partition coefficient (Wildman–Crippen LogP) is 2.44. The van der Waals surface area contributed by atoms with Crippen molar-refractivity contribution in [3.63, 3.8) is 0 Å². The summed E-state index contributed by atoms with van der Waals surface area (Å²) in [5.74, 6) is 1.49. The number of pyridine rings is 1. The third kappa shape index (κ3) is 5.24. The van der Waals surface area contributed by atoms with Crippen LogP contribution in [0.2, 0.25) is 5.15 Å². The Morgan fingerprint density at radius 3 is 2.41 bits per heavy atom. The zero-order valence-corrected chi connectivity index (χ0v) is 16.9. The number of halogens is 1. The highest BCUT2D eigenvalue weighted by molar-refractivity contribution is 7.88. The Labute approximate surface area is 165 Å².